The average molecular weight is 233 g/mol. The molecule has 2 rings (SSSR count). The Labute approximate surface area is 104 Å². The first-order chi connectivity index (χ1) is 8.24. The minimum atomic E-state index is 0.315. The molecule has 0 atom stereocenters. The van der Waals surface area contributed by atoms with E-state index in [1.54, 1.807) is 0 Å². The maximum Gasteiger partial charge on any atom is 0.0393 e. The summed E-state index contributed by atoms with van der Waals surface area (Å²) in [6.07, 6.45) is 8.41. The van der Waals surface area contributed by atoms with Crippen molar-refractivity contribution in [2.45, 2.75) is 39.0 Å². The van der Waals surface area contributed by atoms with Crippen LogP contribution in [0.1, 0.15) is 37.8 Å². The first-order valence-corrected chi connectivity index (χ1v) is 6.61. The number of nitrogens with two attached hydrogens (primary N) is 1. The molecule has 0 amide bonds. The highest BCUT2D eigenvalue weighted by Gasteiger charge is 2.30. The summed E-state index contributed by atoms with van der Waals surface area (Å²) in [6.45, 7) is 3.81. The molecule has 1 fully saturated rings. The van der Waals surface area contributed by atoms with E-state index in [2.05, 4.69) is 16.4 Å². The topological polar surface area (TPSA) is 50.9 Å². The van der Waals surface area contributed by atoms with Gasteiger partial charge >= 0.3 is 0 Å². The Balaban J connectivity index is 1.95. The largest absolute Gasteiger partial charge is 0.384 e. The maximum absolute atomic E-state index is 5.98. The first-order valence-electron chi connectivity index (χ1n) is 6.61. The molecule has 0 aliphatic heterocycles. The van der Waals surface area contributed by atoms with Gasteiger partial charge in [0.05, 0.1) is 0 Å². The Bertz CT molecular complexity index is 356. The van der Waals surface area contributed by atoms with E-state index in [1.165, 1.54) is 32.1 Å². The van der Waals surface area contributed by atoms with Gasteiger partial charge in [0.25, 0.3) is 0 Å². The molecule has 1 aromatic heterocycles. The maximum atomic E-state index is 5.98. The number of hydrogen-bond acceptors (Lipinski definition) is 3. The molecule has 3 nitrogen and oxygen atoms in total. The molecule has 1 aliphatic carbocycles. The molecule has 0 saturated heterocycles. The van der Waals surface area contributed by atoms with Crippen molar-refractivity contribution >= 4 is 5.69 Å². The van der Waals surface area contributed by atoms with Crippen molar-refractivity contribution in [1.82, 2.24) is 4.98 Å². The fourth-order valence-electron chi connectivity index (χ4n) is 2.70. The predicted molar refractivity (Wildman–Crippen MR) is 72.0 cm³/mol. The number of anilines is 1. The lowest BCUT2D eigenvalue weighted by atomic mass is 9.74. The summed E-state index contributed by atoms with van der Waals surface area (Å²) in [6, 6.07) is 4.12. The average Bonchev–Trinajstić information content (AvgIpc) is 2.38. The molecular formula is C14H23N3. The fraction of sp³-hybridized carbons (Fsp3) is 0.643. The number of rotatable bonds is 4. The van der Waals surface area contributed by atoms with Gasteiger partial charge in [-0.1, -0.05) is 19.3 Å². The molecule has 0 unspecified atom stereocenters. The summed E-state index contributed by atoms with van der Waals surface area (Å²) in [5, 5.41) is 3.53. The van der Waals surface area contributed by atoms with Crippen molar-refractivity contribution in [1.29, 1.82) is 0 Å². The number of nitrogens with zero attached hydrogens (tertiary/aromatic N) is 1. The molecular weight excluding hydrogens is 210 g/mol. The van der Waals surface area contributed by atoms with E-state index in [1.807, 2.05) is 19.2 Å². The van der Waals surface area contributed by atoms with Crippen molar-refractivity contribution in [3.63, 3.8) is 0 Å². The lowest BCUT2D eigenvalue weighted by Gasteiger charge is -2.36. The lowest BCUT2D eigenvalue weighted by Crippen LogP contribution is -2.39. The van der Waals surface area contributed by atoms with Crippen molar-refractivity contribution in [3.8, 4) is 0 Å². The van der Waals surface area contributed by atoms with Crippen LogP contribution in [0.2, 0.25) is 0 Å². The third-order valence-electron chi connectivity index (χ3n) is 3.91. The number of pyridine rings is 1. The molecule has 0 aromatic carbocycles. The van der Waals surface area contributed by atoms with Crippen LogP contribution in [0.15, 0.2) is 18.3 Å². The molecule has 17 heavy (non-hydrogen) atoms. The van der Waals surface area contributed by atoms with Crippen LogP contribution < -0.4 is 11.1 Å². The van der Waals surface area contributed by atoms with Gasteiger partial charge in [-0.2, -0.15) is 0 Å². The number of aromatic nitrogens is 1. The van der Waals surface area contributed by atoms with E-state index in [0.29, 0.717) is 5.41 Å². The highest BCUT2D eigenvalue weighted by atomic mass is 14.9. The van der Waals surface area contributed by atoms with Crippen LogP contribution in [0.5, 0.6) is 0 Å². The highest BCUT2D eigenvalue weighted by molar-refractivity contribution is 5.43. The Morgan fingerprint density at radius 1 is 1.35 bits per heavy atom. The monoisotopic (exact) mass is 233 g/mol. The molecule has 94 valence electrons. The highest BCUT2D eigenvalue weighted by Crippen LogP contribution is 2.35. The van der Waals surface area contributed by atoms with E-state index in [9.17, 15) is 0 Å². The number of hydrogen-bond donors (Lipinski definition) is 2. The van der Waals surface area contributed by atoms with Crippen LogP contribution in [-0.2, 0) is 0 Å². The van der Waals surface area contributed by atoms with Crippen LogP contribution in [0.4, 0.5) is 5.69 Å². The van der Waals surface area contributed by atoms with Gasteiger partial charge in [-0.25, -0.2) is 0 Å². The Morgan fingerprint density at radius 3 is 2.76 bits per heavy atom. The lowest BCUT2D eigenvalue weighted by molar-refractivity contribution is 0.215. The number of nitrogens with one attached hydrogen (secondary N) is 1. The SMILES string of the molecule is Cc1cc(NCC2(CN)CCCCC2)ccn1. The van der Waals surface area contributed by atoms with Gasteiger partial charge in [0.1, 0.15) is 0 Å². The van der Waals surface area contributed by atoms with Crippen LogP contribution in [0.25, 0.3) is 0 Å². The van der Waals surface area contributed by atoms with E-state index in [0.717, 1.165) is 24.5 Å². The molecule has 1 aromatic rings. The van der Waals surface area contributed by atoms with E-state index in [-0.39, 0.29) is 0 Å². The standard InChI is InChI=1S/C14H23N3/c1-12-9-13(5-8-16-12)17-11-14(10-15)6-3-2-4-7-14/h5,8-9H,2-4,6-7,10-11,15H2,1H3,(H,16,17). The zero-order chi connectivity index (χ0) is 12.1. The van der Waals surface area contributed by atoms with E-state index < -0.39 is 0 Å². The Hall–Kier alpha value is -1.09. The zero-order valence-electron chi connectivity index (χ0n) is 10.7. The minimum absolute atomic E-state index is 0.315. The zero-order valence-corrected chi connectivity index (χ0v) is 10.7. The van der Waals surface area contributed by atoms with Crippen molar-refractivity contribution < 1.29 is 0 Å². The summed E-state index contributed by atoms with van der Waals surface area (Å²) in [5.74, 6) is 0. The molecule has 0 spiro atoms. The molecule has 0 bridgehead atoms. The second-order valence-corrected chi connectivity index (χ2v) is 5.30. The van der Waals surface area contributed by atoms with Gasteiger partial charge in [0.2, 0.25) is 0 Å². The van der Waals surface area contributed by atoms with Crippen LogP contribution in [-0.4, -0.2) is 18.1 Å². The fourth-order valence-corrected chi connectivity index (χ4v) is 2.70. The van der Waals surface area contributed by atoms with Gasteiger partial charge in [-0.15, -0.1) is 0 Å². The molecule has 3 N–H and O–H groups in total. The quantitative estimate of drug-likeness (QED) is 0.840. The summed E-state index contributed by atoms with van der Waals surface area (Å²) >= 11 is 0. The van der Waals surface area contributed by atoms with E-state index in [4.69, 9.17) is 5.73 Å². The smallest absolute Gasteiger partial charge is 0.0393 e. The van der Waals surface area contributed by atoms with Crippen LogP contribution in [0, 0.1) is 12.3 Å². The Morgan fingerprint density at radius 2 is 2.12 bits per heavy atom. The molecule has 0 radical (unpaired) electrons. The third kappa shape index (κ3) is 3.19. The summed E-state index contributed by atoms with van der Waals surface area (Å²) in [7, 11) is 0. The van der Waals surface area contributed by atoms with Crippen LogP contribution in [0.3, 0.4) is 0 Å². The van der Waals surface area contributed by atoms with Crippen molar-refractivity contribution in [2.24, 2.45) is 11.1 Å². The number of aryl methyl sites for hydroxylation is 1. The second kappa shape index (κ2) is 5.50. The second-order valence-electron chi connectivity index (χ2n) is 5.30. The van der Waals surface area contributed by atoms with Gasteiger partial charge < -0.3 is 11.1 Å². The van der Waals surface area contributed by atoms with E-state index >= 15 is 0 Å². The third-order valence-corrected chi connectivity index (χ3v) is 3.91. The summed E-state index contributed by atoms with van der Waals surface area (Å²) in [5.41, 5.74) is 8.51. The summed E-state index contributed by atoms with van der Waals surface area (Å²) < 4.78 is 0. The molecule has 1 aliphatic rings. The van der Waals surface area contributed by atoms with Gasteiger partial charge in [-0.05, 0) is 43.9 Å². The summed E-state index contributed by atoms with van der Waals surface area (Å²) in [4.78, 5) is 4.21. The van der Waals surface area contributed by atoms with Crippen LogP contribution >= 0.6 is 0 Å². The first kappa shape index (κ1) is 12.4. The predicted octanol–water partition coefficient (Wildman–Crippen LogP) is 2.71. The molecule has 1 heterocycles. The van der Waals surface area contributed by atoms with Gasteiger partial charge in [0.15, 0.2) is 0 Å². The minimum Gasteiger partial charge on any atom is -0.384 e. The molecule has 3 heteroatoms. The van der Waals surface area contributed by atoms with Crippen molar-refractivity contribution in [2.75, 3.05) is 18.4 Å². The van der Waals surface area contributed by atoms with Gasteiger partial charge in [0, 0.05) is 24.1 Å². The van der Waals surface area contributed by atoms with Gasteiger partial charge in [-0.3, -0.25) is 4.98 Å². The normalized spacial score (nSPS) is 18.9. The Kier molecular flexibility index (Phi) is 4.00. The van der Waals surface area contributed by atoms with Crippen molar-refractivity contribution in [3.05, 3.63) is 24.0 Å². The molecule has 1 saturated carbocycles.